The molecule has 12 nitrogen and oxygen atoms in total. The van der Waals surface area contributed by atoms with Crippen molar-refractivity contribution >= 4 is 23.6 Å². The molecule has 38 heavy (non-hydrogen) atoms. The number of imidazole rings is 1. The van der Waals surface area contributed by atoms with Gasteiger partial charge in [0.1, 0.15) is 17.3 Å². The number of piperidine rings is 1. The van der Waals surface area contributed by atoms with Gasteiger partial charge in [0.05, 0.1) is 13.5 Å². The highest BCUT2D eigenvalue weighted by atomic mass is 16.5. The van der Waals surface area contributed by atoms with Crippen LogP contribution in [-0.2, 0) is 33.8 Å². The molecule has 2 aromatic rings. The molecule has 1 saturated heterocycles. The van der Waals surface area contributed by atoms with Gasteiger partial charge in [-0.2, -0.15) is 0 Å². The monoisotopic (exact) mass is 529 g/mol. The third-order valence-electron chi connectivity index (χ3n) is 7.01. The number of aliphatic carboxylic acids is 1. The summed E-state index contributed by atoms with van der Waals surface area (Å²) >= 11 is 0. The summed E-state index contributed by atoms with van der Waals surface area (Å²) in [5, 5.41) is 16.5. The van der Waals surface area contributed by atoms with Gasteiger partial charge in [-0.15, -0.1) is 0 Å². The van der Waals surface area contributed by atoms with Gasteiger partial charge in [-0.1, -0.05) is 24.3 Å². The van der Waals surface area contributed by atoms with Gasteiger partial charge in [0.15, 0.2) is 0 Å². The number of nitrogens with two attached hydrogens (primary N) is 2. The SMILES string of the molecule is COC(=O)Cc1cccc(CN(CCCn2c(N)c(C(=N)N)[nH]c2=O)C2CCN(CCCC(=O)O)CC2)c1. The summed E-state index contributed by atoms with van der Waals surface area (Å²) in [4.78, 5) is 42.2. The number of nitrogens with one attached hydrogen (secondary N) is 2. The molecule has 1 aromatic heterocycles. The van der Waals surface area contributed by atoms with Crippen LogP contribution in [0.1, 0.15) is 48.9 Å². The lowest BCUT2D eigenvalue weighted by Gasteiger charge is -2.39. The van der Waals surface area contributed by atoms with Crippen molar-refractivity contribution in [1.29, 1.82) is 5.41 Å². The second-order valence-electron chi connectivity index (χ2n) is 9.72. The topological polar surface area (TPSA) is 184 Å². The minimum atomic E-state index is -0.766. The zero-order valence-corrected chi connectivity index (χ0v) is 21.9. The van der Waals surface area contributed by atoms with E-state index in [1.54, 1.807) is 0 Å². The van der Waals surface area contributed by atoms with Crippen LogP contribution in [0.15, 0.2) is 29.1 Å². The standard InChI is InChI=1S/C26H39N7O5/c1-38-22(36)16-18-5-2-6-19(15-18)17-32(20-8-13-31(14-9-20)10-3-7-21(34)35)11-4-12-33-25(29)23(24(27)28)30-26(33)37/h2,5-6,15,20H,3-4,7-14,16-17,29H2,1H3,(H3,27,28)(H,30,37)(H,34,35). The Morgan fingerprint density at radius 1 is 1.21 bits per heavy atom. The molecule has 1 aromatic carbocycles. The number of amidine groups is 1. The molecule has 12 heteroatoms. The Balaban J connectivity index is 1.67. The number of likely N-dealkylation sites (tertiary alicyclic amines) is 1. The van der Waals surface area contributed by atoms with Crippen LogP contribution in [0.2, 0.25) is 0 Å². The fraction of sp³-hybridized carbons (Fsp3) is 0.538. The van der Waals surface area contributed by atoms with E-state index in [0.29, 0.717) is 32.0 Å². The van der Waals surface area contributed by atoms with E-state index in [9.17, 15) is 14.4 Å². The van der Waals surface area contributed by atoms with E-state index in [-0.39, 0.29) is 41.8 Å². The molecule has 7 N–H and O–H groups in total. The molecule has 2 heterocycles. The van der Waals surface area contributed by atoms with E-state index < -0.39 is 5.97 Å². The number of rotatable bonds is 14. The predicted octanol–water partition coefficient (Wildman–Crippen LogP) is 0.980. The number of anilines is 1. The summed E-state index contributed by atoms with van der Waals surface area (Å²) in [6, 6.07) is 8.25. The number of esters is 1. The van der Waals surface area contributed by atoms with Gasteiger partial charge in [0.2, 0.25) is 0 Å². The minimum absolute atomic E-state index is 0.143. The van der Waals surface area contributed by atoms with Crippen LogP contribution in [0.3, 0.4) is 0 Å². The highest BCUT2D eigenvalue weighted by molar-refractivity contribution is 5.97. The zero-order chi connectivity index (χ0) is 27.7. The van der Waals surface area contributed by atoms with Gasteiger partial charge in [-0.3, -0.25) is 24.5 Å². The summed E-state index contributed by atoms with van der Waals surface area (Å²) in [7, 11) is 1.38. The molecule has 0 saturated carbocycles. The maximum Gasteiger partial charge on any atom is 0.327 e. The Labute approximate surface area is 222 Å². The average molecular weight is 530 g/mol. The first-order chi connectivity index (χ1) is 18.2. The fourth-order valence-electron chi connectivity index (χ4n) is 5.01. The van der Waals surface area contributed by atoms with E-state index >= 15 is 0 Å². The lowest BCUT2D eigenvalue weighted by molar-refractivity contribution is -0.140. The van der Waals surface area contributed by atoms with Crippen LogP contribution in [0.5, 0.6) is 0 Å². The van der Waals surface area contributed by atoms with Gasteiger partial charge in [-0.25, -0.2) is 4.79 Å². The summed E-state index contributed by atoms with van der Waals surface area (Å²) in [5.74, 6) is -1.16. The summed E-state index contributed by atoms with van der Waals surface area (Å²) < 4.78 is 6.22. The van der Waals surface area contributed by atoms with Crippen LogP contribution >= 0.6 is 0 Å². The van der Waals surface area contributed by atoms with Gasteiger partial charge >= 0.3 is 17.6 Å². The number of aromatic amines is 1. The zero-order valence-electron chi connectivity index (χ0n) is 21.9. The smallest absolute Gasteiger partial charge is 0.327 e. The van der Waals surface area contributed by atoms with Gasteiger partial charge in [-0.05, 0) is 56.4 Å². The number of hydrogen-bond donors (Lipinski definition) is 5. The normalized spacial score (nSPS) is 14.6. The Bertz CT molecular complexity index is 1170. The molecule has 208 valence electrons. The van der Waals surface area contributed by atoms with Crippen LogP contribution in [0, 0.1) is 5.41 Å². The average Bonchev–Trinajstić information content (AvgIpc) is 3.17. The number of carboxylic acid groups (broad SMARTS) is 1. The summed E-state index contributed by atoms with van der Waals surface area (Å²) in [6.07, 6.45) is 3.62. The van der Waals surface area contributed by atoms with Crippen molar-refractivity contribution in [3.8, 4) is 0 Å². The van der Waals surface area contributed by atoms with E-state index in [0.717, 1.165) is 50.1 Å². The van der Waals surface area contributed by atoms with Crippen molar-refractivity contribution < 1.29 is 19.4 Å². The van der Waals surface area contributed by atoms with Crippen molar-refractivity contribution in [3.05, 3.63) is 51.6 Å². The maximum absolute atomic E-state index is 12.3. The molecule has 0 bridgehead atoms. The van der Waals surface area contributed by atoms with Crippen molar-refractivity contribution in [2.75, 3.05) is 39.0 Å². The van der Waals surface area contributed by atoms with Crippen LogP contribution in [0.4, 0.5) is 5.82 Å². The quantitative estimate of drug-likeness (QED) is 0.135. The second kappa shape index (κ2) is 13.8. The van der Waals surface area contributed by atoms with Crippen molar-refractivity contribution in [3.63, 3.8) is 0 Å². The number of benzene rings is 1. The molecule has 1 fully saturated rings. The molecular weight excluding hydrogens is 490 g/mol. The minimum Gasteiger partial charge on any atom is -0.481 e. The first-order valence-corrected chi connectivity index (χ1v) is 12.9. The van der Waals surface area contributed by atoms with Crippen molar-refractivity contribution in [1.82, 2.24) is 19.4 Å². The Kier molecular flexibility index (Phi) is 10.5. The highest BCUT2D eigenvalue weighted by Crippen LogP contribution is 2.21. The number of ether oxygens (including phenoxy) is 1. The molecule has 0 spiro atoms. The van der Waals surface area contributed by atoms with Gasteiger partial charge in [0, 0.05) is 32.1 Å². The number of hydrogen-bond acceptors (Lipinski definition) is 8. The molecule has 0 atom stereocenters. The number of aromatic nitrogens is 2. The number of nitrogens with zero attached hydrogens (tertiary/aromatic N) is 3. The molecule has 0 aliphatic carbocycles. The van der Waals surface area contributed by atoms with E-state index in [2.05, 4.69) is 14.8 Å². The number of methoxy groups -OCH3 is 1. The molecule has 0 radical (unpaired) electrons. The van der Waals surface area contributed by atoms with Gasteiger partial charge in [0.25, 0.3) is 0 Å². The van der Waals surface area contributed by atoms with Gasteiger partial charge < -0.3 is 31.2 Å². The van der Waals surface area contributed by atoms with E-state index in [1.807, 2.05) is 24.3 Å². The lowest BCUT2D eigenvalue weighted by Crippen LogP contribution is -2.45. The van der Waals surface area contributed by atoms with Crippen molar-refractivity contribution in [2.24, 2.45) is 5.73 Å². The highest BCUT2D eigenvalue weighted by Gasteiger charge is 2.25. The first-order valence-electron chi connectivity index (χ1n) is 12.9. The molecule has 3 rings (SSSR count). The number of carboxylic acids is 1. The lowest BCUT2D eigenvalue weighted by atomic mass is 10.0. The number of H-pyrrole nitrogens is 1. The summed E-state index contributed by atoms with van der Waals surface area (Å²) in [5.41, 5.74) is 13.3. The second-order valence-corrected chi connectivity index (χ2v) is 9.72. The fourth-order valence-corrected chi connectivity index (χ4v) is 5.01. The Morgan fingerprint density at radius 2 is 1.92 bits per heavy atom. The van der Waals surface area contributed by atoms with E-state index in [1.165, 1.54) is 11.7 Å². The first kappa shape index (κ1) is 28.9. The largest absolute Gasteiger partial charge is 0.481 e. The molecule has 1 aliphatic rings. The Hall–Kier alpha value is -3.64. The number of carbonyl (C=O) groups is 2. The molecular formula is C26H39N7O5. The van der Waals surface area contributed by atoms with Crippen LogP contribution < -0.4 is 17.2 Å². The molecule has 0 unspecified atom stereocenters. The third kappa shape index (κ3) is 8.18. The maximum atomic E-state index is 12.3. The van der Waals surface area contributed by atoms with E-state index in [4.69, 9.17) is 26.7 Å². The van der Waals surface area contributed by atoms with Crippen LogP contribution in [-0.4, -0.2) is 81.6 Å². The van der Waals surface area contributed by atoms with Crippen molar-refractivity contribution in [2.45, 2.75) is 57.7 Å². The summed E-state index contributed by atoms with van der Waals surface area (Å²) in [6.45, 7) is 4.38. The number of nitrogen functional groups attached to an aromatic ring is 2. The number of carbonyl (C=O) groups excluding carboxylic acids is 1. The van der Waals surface area contributed by atoms with Crippen LogP contribution in [0.25, 0.3) is 0 Å². The molecule has 0 amide bonds. The molecule has 1 aliphatic heterocycles. The Morgan fingerprint density at radius 3 is 2.55 bits per heavy atom. The predicted molar refractivity (Wildman–Crippen MR) is 144 cm³/mol. The third-order valence-corrected chi connectivity index (χ3v) is 7.01.